The topological polar surface area (TPSA) is 55.8 Å². The molecular formula is C11H12F2O4. The van der Waals surface area contributed by atoms with Gasteiger partial charge in [-0.15, -0.1) is 0 Å². The van der Waals surface area contributed by atoms with Gasteiger partial charge in [-0.2, -0.15) is 0 Å². The molecule has 0 saturated carbocycles. The fourth-order valence-electron chi connectivity index (χ4n) is 1.15. The molecule has 0 radical (unpaired) electrons. The van der Waals surface area contributed by atoms with Crippen LogP contribution in [0.25, 0.3) is 0 Å². The lowest BCUT2D eigenvalue weighted by Gasteiger charge is -2.13. The molecule has 1 aromatic rings. The number of rotatable bonds is 5. The quantitative estimate of drug-likeness (QED) is 0.866. The number of hydrogen-bond donors (Lipinski definition) is 1. The highest BCUT2D eigenvalue weighted by Gasteiger charge is 2.22. The van der Waals surface area contributed by atoms with Crippen LogP contribution < -0.4 is 9.47 Å². The minimum atomic E-state index is -2.95. The molecule has 0 amide bonds. The molecule has 4 nitrogen and oxygen atoms in total. The Morgan fingerprint density at radius 3 is 2.59 bits per heavy atom. The van der Waals surface area contributed by atoms with E-state index < -0.39 is 18.5 Å². The maximum atomic E-state index is 12.5. The third-order valence-corrected chi connectivity index (χ3v) is 1.90. The van der Waals surface area contributed by atoms with Crippen molar-refractivity contribution >= 4 is 5.97 Å². The fraction of sp³-hybridized carbons (Fsp3) is 0.364. The first-order valence-corrected chi connectivity index (χ1v) is 4.75. The molecule has 0 heterocycles. The Labute approximate surface area is 96.8 Å². The second-order valence-corrected chi connectivity index (χ2v) is 3.53. The summed E-state index contributed by atoms with van der Waals surface area (Å²) in [5, 5.41) is 8.81. The number of halogens is 2. The minimum absolute atomic E-state index is 0.0527. The van der Waals surface area contributed by atoms with Crippen LogP contribution in [0.5, 0.6) is 11.5 Å². The third-order valence-electron chi connectivity index (χ3n) is 1.90. The van der Waals surface area contributed by atoms with Crippen LogP contribution in [-0.2, 0) is 0 Å². The van der Waals surface area contributed by atoms with Gasteiger partial charge in [0.05, 0.1) is 7.11 Å². The number of benzene rings is 1. The van der Waals surface area contributed by atoms with E-state index in [1.165, 1.54) is 25.3 Å². The molecule has 0 aliphatic heterocycles. The third kappa shape index (κ3) is 3.90. The molecule has 1 N–H and O–H groups in total. The average Bonchev–Trinajstić information content (AvgIpc) is 2.24. The summed E-state index contributed by atoms with van der Waals surface area (Å²) in [5.74, 6) is -3.91. The van der Waals surface area contributed by atoms with Crippen molar-refractivity contribution in [3.05, 3.63) is 23.8 Å². The van der Waals surface area contributed by atoms with Gasteiger partial charge in [0, 0.05) is 13.0 Å². The number of carboxylic acid groups (broad SMARTS) is 1. The fourth-order valence-corrected chi connectivity index (χ4v) is 1.15. The number of carboxylic acids is 1. The zero-order valence-electron chi connectivity index (χ0n) is 9.37. The van der Waals surface area contributed by atoms with Crippen molar-refractivity contribution in [3.63, 3.8) is 0 Å². The maximum absolute atomic E-state index is 12.5. The predicted molar refractivity (Wildman–Crippen MR) is 56.1 cm³/mol. The van der Waals surface area contributed by atoms with E-state index in [1.807, 2.05) is 0 Å². The van der Waals surface area contributed by atoms with Crippen LogP contribution in [0.3, 0.4) is 0 Å². The van der Waals surface area contributed by atoms with Crippen molar-refractivity contribution in [2.45, 2.75) is 12.8 Å². The molecule has 0 spiro atoms. The molecule has 0 atom stereocenters. The Hall–Kier alpha value is -1.85. The Morgan fingerprint density at radius 2 is 2.12 bits per heavy atom. The largest absolute Gasteiger partial charge is 0.496 e. The lowest BCUT2D eigenvalue weighted by atomic mass is 10.2. The van der Waals surface area contributed by atoms with Gasteiger partial charge in [-0.1, -0.05) is 0 Å². The van der Waals surface area contributed by atoms with Gasteiger partial charge in [-0.05, 0) is 12.1 Å². The minimum Gasteiger partial charge on any atom is -0.496 e. The maximum Gasteiger partial charge on any atom is 0.339 e. The van der Waals surface area contributed by atoms with Crippen molar-refractivity contribution < 1.29 is 28.2 Å². The van der Waals surface area contributed by atoms with Crippen LogP contribution in [0, 0.1) is 0 Å². The van der Waals surface area contributed by atoms with E-state index in [2.05, 4.69) is 0 Å². The average molecular weight is 246 g/mol. The number of ether oxygens (including phenoxy) is 2. The number of hydrogen-bond acceptors (Lipinski definition) is 3. The number of methoxy groups -OCH3 is 1. The summed E-state index contributed by atoms with van der Waals surface area (Å²) >= 11 is 0. The van der Waals surface area contributed by atoms with Crippen LogP contribution in [0.4, 0.5) is 8.78 Å². The molecule has 0 fully saturated rings. The second-order valence-electron chi connectivity index (χ2n) is 3.53. The summed E-state index contributed by atoms with van der Waals surface area (Å²) in [6.07, 6.45) is 0. The van der Waals surface area contributed by atoms with E-state index in [0.717, 1.165) is 6.92 Å². The van der Waals surface area contributed by atoms with E-state index in [-0.39, 0.29) is 17.1 Å². The molecule has 0 aliphatic rings. The lowest BCUT2D eigenvalue weighted by Crippen LogP contribution is -2.20. The van der Waals surface area contributed by atoms with Gasteiger partial charge >= 0.3 is 5.97 Å². The van der Waals surface area contributed by atoms with Crippen molar-refractivity contribution in [2.75, 3.05) is 13.7 Å². The molecule has 0 bridgehead atoms. The van der Waals surface area contributed by atoms with Gasteiger partial charge in [0.2, 0.25) is 0 Å². The van der Waals surface area contributed by atoms with E-state index in [1.54, 1.807) is 0 Å². The Morgan fingerprint density at radius 1 is 1.47 bits per heavy atom. The van der Waals surface area contributed by atoms with Crippen LogP contribution in [-0.4, -0.2) is 30.7 Å². The standard InChI is InChI=1S/C11H12F2O4/c1-11(12,13)6-17-7-3-4-8(10(14)15)9(5-7)16-2/h3-5H,6H2,1-2H3,(H,14,15). The molecule has 0 saturated heterocycles. The van der Waals surface area contributed by atoms with Crippen molar-refractivity contribution in [2.24, 2.45) is 0 Å². The Bertz CT molecular complexity index is 412. The molecule has 0 aliphatic carbocycles. The normalized spacial score (nSPS) is 11.1. The molecule has 94 valence electrons. The van der Waals surface area contributed by atoms with Gasteiger partial charge in [0.1, 0.15) is 17.1 Å². The molecule has 0 aromatic heterocycles. The summed E-state index contributed by atoms with van der Waals surface area (Å²) in [5.41, 5.74) is -0.0527. The van der Waals surface area contributed by atoms with Gasteiger partial charge in [-0.25, -0.2) is 13.6 Å². The first-order chi connectivity index (χ1) is 7.83. The van der Waals surface area contributed by atoms with Gasteiger partial charge in [0.15, 0.2) is 6.61 Å². The molecule has 17 heavy (non-hydrogen) atoms. The zero-order valence-corrected chi connectivity index (χ0v) is 9.37. The van der Waals surface area contributed by atoms with E-state index in [9.17, 15) is 13.6 Å². The number of aromatic carboxylic acids is 1. The summed E-state index contributed by atoms with van der Waals surface area (Å²) < 4.78 is 34.8. The highest BCUT2D eigenvalue weighted by Crippen LogP contribution is 2.25. The van der Waals surface area contributed by atoms with Crippen LogP contribution in [0.1, 0.15) is 17.3 Å². The van der Waals surface area contributed by atoms with Crippen molar-refractivity contribution in [1.82, 2.24) is 0 Å². The monoisotopic (exact) mass is 246 g/mol. The Kier molecular flexibility index (Phi) is 3.88. The smallest absolute Gasteiger partial charge is 0.339 e. The van der Waals surface area contributed by atoms with Crippen LogP contribution in [0.2, 0.25) is 0 Å². The lowest BCUT2D eigenvalue weighted by molar-refractivity contribution is -0.0230. The first kappa shape index (κ1) is 13.2. The summed E-state index contributed by atoms with van der Waals surface area (Å²) in [4.78, 5) is 10.8. The summed E-state index contributed by atoms with van der Waals surface area (Å²) in [6.45, 7) is -0.0432. The van der Waals surface area contributed by atoms with E-state index in [0.29, 0.717) is 0 Å². The zero-order chi connectivity index (χ0) is 13.1. The number of alkyl halides is 2. The second kappa shape index (κ2) is 4.99. The molecule has 0 unspecified atom stereocenters. The van der Waals surface area contributed by atoms with Crippen molar-refractivity contribution in [1.29, 1.82) is 0 Å². The molecule has 1 aromatic carbocycles. The van der Waals surface area contributed by atoms with Gasteiger partial charge in [0.25, 0.3) is 5.92 Å². The summed E-state index contributed by atoms with van der Waals surface area (Å²) in [7, 11) is 1.29. The molecule has 6 heteroatoms. The van der Waals surface area contributed by atoms with E-state index >= 15 is 0 Å². The van der Waals surface area contributed by atoms with Crippen LogP contribution in [0.15, 0.2) is 18.2 Å². The predicted octanol–water partition coefficient (Wildman–Crippen LogP) is 2.43. The molecule has 1 rings (SSSR count). The van der Waals surface area contributed by atoms with Crippen molar-refractivity contribution in [3.8, 4) is 11.5 Å². The number of carbonyl (C=O) groups is 1. The SMILES string of the molecule is COc1cc(OCC(C)(F)F)ccc1C(=O)O. The summed E-state index contributed by atoms with van der Waals surface area (Å²) in [6, 6.07) is 3.80. The first-order valence-electron chi connectivity index (χ1n) is 4.75. The molecular weight excluding hydrogens is 234 g/mol. The van der Waals surface area contributed by atoms with Gasteiger partial charge < -0.3 is 14.6 Å². The van der Waals surface area contributed by atoms with Crippen LogP contribution >= 0.6 is 0 Å². The highest BCUT2D eigenvalue weighted by molar-refractivity contribution is 5.91. The van der Waals surface area contributed by atoms with E-state index in [4.69, 9.17) is 14.6 Å². The van der Waals surface area contributed by atoms with Gasteiger partial charge in [-0.3, -0.25) is 0 Å². The highest BCUT2D eigenvalue weighted by atomic mass is 19.3. The Balaban J connectivity index is 2.87.